The monoisotopic (exact) mass is 452 g/mol. The van der Waals surface area contributed by atoms with Crippen LogP contribution in [0.2, 0.25) is 0 Å². The Kier molecular flexibility index (Phi) is 7.08. The molecule has 3 unspecified atom stereocenters. The first kappa shape index (κ1) is 23.0. The minimum Gasteiger partial charge on any atom is -0.458 e. The lowest BCUT2D eigenvalue weighted by Crippen LogP contribution is -2.54. The lowest BCUT2D eigenvalue weighted by molar-refractivity contribution is -0.194. The van der Waals surface area contributed by atoms with Crippen molar-refractivity contribution in [3.63, 3.8) is 0 Å². The predicted molar refractivity (Wildman–Crippen MR) is 118 cm³/mol. The van der Waals surface area contributed by atoms with Crippen LogP contribution in [-0.4, -0.2) is 47.4 Å². The van der Waals surface area contributed by atoms with Gasteiger partial charge in [-0.15, -0.1) is 0 Å². The number of esters is 3. The van der Waals surface area contributed by atoms with Gasteiger partial charge in [0.1, 0.15) is 12.7 Å². The molecule has 1 aliphatic heterocycles. The zero-order valence-electron chi connectivity index (χ0n) is 18.4. The van der Waals surface area contributed by atoms with Crippen LogP contribution in [0.1, 0.15) is 59.2 Å². The standard InChI is InChI=1S/C26H28O7/c27-23(18-10-4-1-5-11-18)31-17-22-21(32-24(28)19-12-6-2-7-13-19)16-20(25(29)33-22)26(30)14-8-3-9-15-26/h1-2,4-7,10-13,20-22,30H,3,8-9,14-17H2. The molecule has 7 nitrogen and oxygen atoms in total. The summed E-state index contributed by atoms with van der Waals surface area (Å²) in [6.45, 7) is -0.253. The van der Waals surface area contributed by atoms with Crippen LogP contribution >= 0.6 is 0 Å². The second kappa shape index (κ2) is 10.2. The van der Waals surface area contributed by atoms with Crippen LogP contribution in [0.25, 0.3) is 0 Å². The summed E-state index contributed by atoms with van der Waals surface area (Å²) in [6, 6.07) is 17.0. The fourth-order valence-electron chi connectivity index (χ4n) is 4.60. The fourth-order valence-corrected chi connectivity index (χ4v) is 4.60. The number of carbonyl (C=O) groups is 3. The summed E-state index contributed by atoms with van der Waals surface area (Å²) in [7, 11) is 0. The summed E-state index contributed by atoms with van der Waals surface area (Å²) in [5.41, 5.74) is -0.451. The molecule has 0 aromatic heterocycles. The Balaban J connectivity index is 1.50. The van der Waals surface area contributed by atoms with E-state index in [1.165, 1.54) is 0 Å². The molecular formula is C26H28O7. The number of ether oxygens (including phenoxy) is 3. The molecule has 2 fully saturated rings. The highest BCUT2D eigenvalue weighted by atomic mass is 16.6. The maximum Gasteiger partial charge on any atom is 0.338 e. The van der Waals surface area contributed by atoms with Gasteiger partial charge in [-0.2, -0.15) is 0 Å². The van der Waals surface area contributed by atoms with E-state index in [1.807, 2.05) is 0 Å². The minimum absolute atomic E-state index is 0.113. The highest BCUT2D eigenvalue weighted by molar-refractivity contribution is 5.90. The number of cyclic esters (lactones) is 1. The molecule has 1 heterocycles. The molecule has 1 aliphatic carbocycles. The molecule has 3 atom stereocenters. The smallest absolute Gasteiger partial charge is 0.338 e. The Hall–Kier alpha value is -3.19. The largest absolute Gasteiger partial charge is 0.458 e. The number of rotatable bonds is 6. The average Bonchev–Trinajstić information content (AvgIpc) is 2.85. The van der Waals surface area contributed by atoms with Gasteiger partial charge in [-0.25, -0.2) is 9.59 Å². The van der Waals surface area contributed by atoms with E-state index in [4.69, 9.17) is 14.2 Å². The van der Waals surface area contributed by atoms with Crippen molar-refractivity contribution in [2.24, 2.45) is 5.92 Å². The first-order valence-corrected chi connectivity index (χ1v) is 11.4. The summed E-state index contributed by atoms with van der Waals surface area (Å²) < 4.78 is 16.7. The van der Waals surface area contributed by atoms with Crippen LogP contribution in [0.3, 0.4) is 0 Å². The lowest BCUT2D eigenvalue weighted by atomic mass is 9.72. The van der Waals surface area contributed by atoms with Gasteiger partial charge in [-0.05, 0) is 37.1 Å². The van der Waals surface area contributed by atoms with E-state index in [2.05, 4.69) is 0 Å². The number of hydrogen-bond acceptors (Lipinski definition) is 7. The molecule has 0 spiro atoms. The third kappa shape index (κ3) is 5.42. The number of carbonyl (C=O) groups excluding carboxylic acids is 3. The molecule has 0 bridgehead atoms. The van der Waals surface area contributed by atoms with Gasteiger partial charge in [0, 0.05) is 6.42 Å². The first-order valence-electron chi connectivity index (χ1n) is 11.4. The minimum atomic E-state index is -1.18. The third-order valence-corrected chi connectivity index (χ3v) is 6.46. The van der Waals surface area contributed by atoms with Crippen molar-refractivity contribution < 1.29 is 33.7 Å². The van der Waals surface area contributed by atoms with Crippen molar-refractivity contribution in [1.29, 1.82) is 0 Å². The number of benzene rings is 2. The van der Waals surface area contributed by atoms with Crippen LogP contribution in [0.15, 0.2) is 60.7 Å². The normalized spacial score (nSPS) is 24.4. The molecule has 1 saturated heterocycles. The molecule has 33 heavy (non-hydrogen) atoms. The molecule has 2 aromatic rings. The summed E-state index contributed by atoms with van der Waals surface area (Å²) in [5.74, 6) is -2.47. The van der Waals surface area contributed by atoms with Gasteiger partial charge >= 0.3 is 17.9 Å². The molecule has 1 N–H and O–H groups in total. The summed E-state index contributed by atoms with van der Waals surface area (Å²) in [5, 5.41) is 11.2. The second-order valence-corrected chi connectivity index (χ2v) is 8.70. The molecule has 2 aromatic carbocycles. The van der Waals surface area contributed by atoms with Gasteiger partial charge in [-0.1, -0.05) is 55.7 Å². The van der Waals surface area contributed by atoms with E-state index >= 15 is 0 Å². The van der Waals surface area contributed by atoms with E-state index in [9.17, 15) is 19.5 Å². The van der Waals surface area contributed by atoms with Crippen molar-refractivity contribution in [2.75, 3.05) is 6.61 Å². The maximum absolute atomic E-state index is 12.9. The van der Waals surface area contributed by atoms with E-state index < -0.39 is 41.6 Å². The van der Waals surface area contributed by atoms with Crippen molar-refractivity contribution in [2.45, 2.75) is 56.3 Å². The fraction of sp³-hybridized carbons (Fsp3) is 0.423. The molecule has 0 amide bonds. The van der Waals surface area contributed by atoms with E-state index in [1.54, 1.807) is 60.7 Å². The second-order valence-electron chi connectivity index (χ2n) is 8.70. The number of aliphatic hydroxyl groups is 1. The summed E-state index contributed by atoms with van der Waals surface area (Å²) >= 11 is 0. The highest BCUT2D eigenvalue weighted by Crippen LogP contribution is 2.40. The van der Waals surface area contributed by atoms with Gasteiger partial charge < -0.3 is 19.3 Å². The van der Waals surface area contributed by atoms with Gasteiger partial charge in [0.2, 0.25) is 0 Å². The Bertz CT molecular complexity index is 967. The first-order chi connectivity index (χ1) is 16.0. The van der Waals surface area contributed by atoms with Crippen LogP contribution in [0.5, 0.6) is 0 Å². The zero-order valence-corrected chi connectivity index (χ0v) is 18.4. The molecule has 2 aliphatic rings. The van der Waals surface area contributed by atoms with Crippen molar-refractivity contribution in [1.82, 2.24) is 0 Å². The molecule has 0 radical (unpaired) electrons. The Morgan fingerprint density at radius 2 is 1.48 bits per heavy atom. The van der Waals surface area contributed by atoms with Gasteiger partial charge in [-0.3, -0.25) is 4.79 Å². The Morgan fingerprint density at radius 1 is 0.909 bits per heavy atom. The van der Waals surface area contributed by atoms with Crippen molar-refractivity contribution >= 4 is 17.9 Å². The lowest BCUT2D eigenvalue weighted by Gasteiger charge is -2.43. The quantitative estimate of drug-likeness (QED) is 0.527. The molecule has 1 saturated carbocycles. The Labute approximate surface area is 192 Å². The van der Waals surface area contributed by atoms with Crippen LogP contribution < -0.4 is 0 Å². The molecule has 7 heteroatoms. The van der Waals surface area contributed by atoms with Crippen LogP contribution in [0, 0.1) is 5.92 Å². The predicted octanol–water partition coefficient (Wildman–Crippen LogP) is 3.70. The van der Waals surface area contributed by atoms with E-state index in [0.29, 0.717) is 24.0 Å². The SMILES string of the molecule is O=C(OCC1OC(=O)C(C2(O)CCCCC2)CC1OC(=O)c1ccccc1)c1ccccc1. The van der Waals surface area contributed by atoms with Crippen molar-refractivity contribution in [3.8, 4) is 0 Å². The topological polar surface area (TPSA) is 99.1 Å². The summed E-state index contributed by atoms with van der Waals surface area (Å²) in [6.07, 6.45) is 1.96. The summed E-state index contributed by atoms with van der Waals surface area (Å²) in [4.78, 5) is 38.0. The van der Waals surface area contributed by atoms with E-state index in [-0.39, 0.29) is 13.0 Å². The maximum atomic E-state index is 12.9. The van der Waals surface area contributed by atoms with Gasteiger partial charge in [0.15, 0.2) is 6.10 Å². The third-order valence-electron chi connectivity index (χ3n) is 6.46. The van der Waals surface area contributed by atoms with Gasteiger partial charge in [0.05, 0.1) is 22.6 Å². The Morgan fingerprint density at radius 3 is 2.09 bits per heavy atom. The molecule has 4 rings (SSSR count). The van der Waals surface area contributed by atoms with Crippen LogP contribution in [-0.2, 0) is 19.0 Å². The number of hydrogen-bond donors (Lipinski definition) is 1. The van der Waals surface area contributed by atoms with E-state index in [0.717, 1.165) is 19.3 Å². The van der Waals surface area contributed by atoms with Crippen LogP contribution in [0.4, 0.5) is 0 Å². The molecular weight excluding hydrogens is 424 g/mol. The van der Waals surface area contributed by atoms with Crippen molar-refractivity contribution in [3.05, 3.63) is 71.8 Å². The van der Waals surface area contributed by atoms with Gasteiger partial charge in [0.25, 0.3) is 0 Å². The molecule has 174 valence electrons. The average molecular weight is 453 g/mol. The highest BCUT2D eigenvalue weighted by Gasteiger charge is 2.50. The zero-order chi connectivity index (χ0) is 23.3.